The van der Waals surface area contributed by atoms with Gasteiger partial charge in [0.15, 0.2) is 0 Å². The molecule has 0 heterocycles. The molecule has 0 N–H and O–H groups in total. The van der Waals surface area contributed by atoms with E-state index in [0.29, 0.717) is 0 Å². The van der Waals surface area contributed by atoms with Gasteiger partial charge in [-0.15, -0.1) is 0 Å². The second kappa shape index (κ2) is 9.07. The molecule has 0 radical (unpaired) electrons. The first-order chi connectivity index (χ1) is 2.73. The molecule has 0 aliphatic heterocycles. The van der Waals surface area contributed by atoms with E-state index in [1.807, 2.05) is 33.6 Å². The van der Waals surface area contributed by atoms with Gasteiger partial charge < -0.3 is 4.90 Å². The Morgan fingerprint density at radius 3 is 1.17 bits per heavy atom. The van der Waals surface area contributed by atoms with Gasteiger partial charge in [-0.05, 0) is 21.1 Å². The highest BCUT2D eigenvalue weighted by molar-refractivity contribution is 7.49. The van der Waals surface area contributed by atoms with Crippen molar-refractivity contribution in [2.45, 2.75) is 0 Å². The fourth-order valence-electron chi connectivity index (χ4n) is 0. The highest BCUT2D eigenvalue weighted by Crippen LogP contribution is 1.47. The van der Waals surface area contributed by atoms with Gasteiger partial charge in [0.05, 0.1) is 0 Å². The molecule has 0 fully saturated rings. The third kappa shape index (κ3) is 257. The lowest BCUT2D eigenvalue weighted by Crippen LogP contribution is -1.99. The maximum Gasteiger partial charge on any atom is 0.126 e. The molecule has 1 atom stereocenters. The van der Waals surface area contributed by atoms with Crippen LogP contribution >= 0.6 is 9.12 Å². The summed E-state index contributed by atoms with van der Waals surface area (Å²) in [6, 6.07) is 0. The molecule has 0 spiro atoms. The van der Waals surface area contributed by atoms with Gasteiger partial charge in [-0.3, -0.25) is 0 Å². The minimum atomic E-state index is 1.92. The Hall–Kier alpha value is 0.455. The average molecular weight is 105 g/mol. The third-order valence-corrected chi connectivity index (χ3v) is 0. The molecule has 0 saturated carbocycles. The number of hydrogen-bond acceptors (Lipinski definition) is 1. The van der Waals surface area contributed by atoms with E-state index in [-0.39, 0.29) is 0 Å². The zero-order chi connectivity index (χ0) is 5.58. The van der Waals surface area contributed by atoms with Crippen molar-refractivity contribution in [2.24, 2.45) is 0 Å². The van der Waals surface area contributed by atoms with Crippen LogP contribution in [0.3, 0.4) is 0 Å². The van der Waals surface area contributed by atoms with Gasteiger partial charge in [-0.1, -0.05) is 0 Å². The smallest absolute Gasteiger partial charge is 0.126 e. The lowest BCUT2D eigenvalue weighted by Gasteiger charge is -1.90. The summed E-state index contributed by atoms with van der Waals surface area (Å²) in [5.41, 5.74) is 0. The van der Waals surface area contributed by atoms with Crippen LogP contribution in [-0.4, -0.2) is 33.6 Å². The fourth-order valence-corrected chi connectivity index (χ4v) is 0. The first-order valence-electron chi connectivity index (χ1n) is 1.92. The third-order valence-electron chi connectivity index (χ3n) is 0. The lowest BCUT2D eigenvalue weighted by atomic mass is 10.8. The normalized spacial score (nSPS) is 6.83. The van der Waals surface area contributed by atoms with E-state index in [9.17, 15) is 0 Å². The van der Waals surface area contributed by atoms with E-state index >= 15 is 0 Å². The van der Waals surface area contributed by atoms with E-state index < -0.39 is 0 Å². The lowest BCUT2D eigenvalue weighted by molar-refractivity contribution is 0.505. The van der Waals surface area contributed by atoms with Crippen LogP contribution in [0.1, 0.15) is 0 Å². The monoisotopic (exact) mass is 105 g/mol. The molecule has 0 aromatic heterocycles. The molecule has 0 saturated heterocycles. The highest BCUT2D eigenvalue weighted by atomic mass is 31.0. The Kier molecular flexibility index (Phi) is 14.6. The van der Waals surface area contributed by atoms with E-state index in [0.717, 1.165) is 0 Å². The second-order valence-corrected chi connectivity index (χ2v) is 1.34. The largest absolute Gasteiger partial charge is 0.312 e. The molecule has 1 nitrogen and oxygen atoms in total. The molecule has 0 bridgehead atoms. The first kappa shape index (κ1) is 9.68. The van der Waals surface area contributed by atoms with Crippen molar-refractivity contribution < 1.29 is 0 Å². The predicted molar refractivity (Wildman–Crippen MR) is 37.9 cm³/mol. The molecule has 0 aliphatic carbocycles. The van der Waals surface area contributed by atoms with Crippen LogP contribution in [0.4, 0.5) is 0 Å². The molecule has 6 heavy (non-hydrogen) atoms. The molecular formula is C3H13BNP. The first-order valence-corrected chi connectivity index (χ1v) is 3.07. The molecule has 0 amide bonds. The van der Waals surface area contributed by atoms with Crippen LogP contribution in [0.2, 0.25) is 0 Å². The summed E-state index contributed by atoms with van der Waals surface area (Å²) in [5, 5.41) is 0. The average Bonchev–Trinajstić information content (AvgIpc) is 1.41. The molecule has 0 aromatic rings. The van der Waals surface area contributed by atoms with E-state index in [2.05, 4.69) is 9.12 Å². The Balaban J connectivity index is 0. The Bertz CT molecular complexity index is 15.5. The van der Waals surface area contributed by atoms with Gasteiger partial charge in [0.1, 0.15) is 7.57 Å². The van der Waals surface area contributed by atoms with Crippen LogP contribution in [0.15, 0.2) is 0 Å². The van der Waals surface area contributed by atoms with Gasteiger partial charge >= 0.3 is 0 Å². The fraction of sp³-hybridized carbons (Fsp3) is 1.00. The molecule has 1 unspecified atom stereocenters. The Labute approximate surface area is 43.7 Å². The Morgan fingerprint density at radius 2 is 1.17 bits per heavy atom. The van der Waals surface area contributed by atoms with Gasteiger partial charge in [-0.2, -0.15) is 9.12 Å². The van der Waals surface area contributed by atoms with Crippen LogP contribution in [0.5, 0.6) is 0 Å². The van der Waals surface area contributed by atoms with Gasteiger partial charge in [0.2, 0.25) is 0 Å². The molecule has 0 rings (SSSR count). The molecule has 0 aromatic carbocycles. The molecule has 38 valence electrons. The summed E-state index contributed by atoms with van der Waals surface area (Å²) in [5.74, 6) is 0. The number of rotatable bonds is 0. The topological polar surface area (TPSA) is 3.24 Å². The van der Waals surface area contributed by atoms with Crippen molar-refractivity contribution in [3.05, 3.63) is 0 Å². The van der Waals surface area contributed by atoms with E-state index in [1.165, 1.54) is 0 Å². The van der Waals surface area contributed by atoms with Crippen molar-refractivity contribution in [3.63, 3.8) is 0 Å². The zero-order valence-corrected chi connectivity index (χ0v) is 6.18. The van der Waals surface area contributed by atoms with Crippen LogP contribution in [0.25, 0.3) is 0 Å². The predicted octanol–water partition coefficient (Wildman–Crippen LogP) is -0.413. The van der Waals surface area contributed by atoms with Crippen molar-refractivity contribution in [1.29, 1.82) is 0 Å². The standard InChI is InChI=1S/C3H9N.BH4P/c1-4(2)3;1-2/h1-3H3;1-2H2. The SMILES string of the molecule is BP.CN(C)C. The van der Waals surface area contributed by atoms with Gasteiger partial charge in [-0.25, -0.2) is 0 Å². The van der Waals surface area contributed by atoms with Crippen molar-refractivity contribution in [3.8, 4) is 0 Å². The summed E-state index contributed by atoms with van der Waals surface area (Å²) in [6.45, 7) is 0. The number of hydrogen-bond donors (Lipinski definition) is 0. The minimum absolute atomic E-state index is 1.92. The summed E-state index contributed by atoms with van der Waals surface area (Å²) < 4.78 is 0. The quantitative estimate of drug-likeness (QED) is 0.299. The van der Waals surface area contributed by atoms with E-state index in [1.54, 1.807) is 0 Å². The van der Waals surface area contributed by atoms with Gasteiger partial charge in [0, 0.05) is 0 Å². The second-order valence-electron chi connectivity index (χ2n) is 1.34. The van der Waals surface area contributed by atoms with E-state index in [4.69, 9.17) is 0 Å². The van der Waals surface area contributed by atoms with Crippen LogP contribution < -0.4 is 0 Å². The zero-order valence-electron chi connectivity index (χ0n) is 5.02. The summed E-state index contributed by atoms with van der Waals surface area (Å²) in [7, 11) is 10.3. The van der Waals surface area contributed by atoms with Crippen LogP contribution in [0, 0.1) is 0 Å². The van der Waals surface area contributed by atoms with Crippen molar-refractivity contribution in [1.82, 2.24) is 4.90 Å². The minimum Gasteiger partial charge on any atom is -0.312 e. The van der Waals surface area contributed by atoms with Crippen LogP contribution in [-0.2, 0) is 0 Å². The molecular weight excluding hydrogens is 91.8 g/mol. The Morgan fingerprint density at radius 1 is 1.17 bits per heavy atom. The maximum atomic E-state index is 2.42. The molecule has 0 aliphatic rings. The summed E-state index contributed by atoms with van der Waals surface area (Å²) >= 11 is 0. The van der Waals surface area contributed by atoms with Gasteiger partial charge in [0.25, 0.3) is 0 Å². The summed E-state index contributed by atoms with van der Waals surface area (Å²) in [6.07, 6.45) is 0. The molecule has 3 heteroatoms. The number of nitrogens with zero attached hydrogens (tertiary/aromatic N) is 1. The maximum absolute atomic E-state index is 2.42. The summed E-state index contributed by atoms with van der Waals surface area (Å²) in [4.78, 5) is 2.00. The van der Waals surface area contributed by atoms with Crippen molar-refractivity contribution >= 4 is 16.7 Å². The van der Waals surface area contributed by atoms with Crippen molar-refractivity contribution in [2.75, 3.05) is 21.1 Å². The highest BCUT2D eigenvalue weighted by Gasteiger charge is 1.58.